The molecule has 0 atom stereocenters. The normalized spacial score (nSPS) is 9.78. The SMILES string of the molecule is [PH4]c1cccc(Br)c1Br. The zero-order chi connectivity index (χ0) is 6.85. The van der Waals surface area contributed by atoms with E-state index in [1.807, 2.05) is 6.07 Å². The van der Waals surface area contributed by atoms with Crippen LogP contribution in [0.3, 0.4) is 0 Å². The zero-order valence-electron chi connectivity index (χ0n) is 4.99. The fourth-order valence-corrected chi connectivity index (χ4v) is 2.17. The van der Waals surface area contributed by atoms with Crippen molar-refractivity contribution in [2.24, 2.45) is 0 Å². The average molecular weight is 270 g/mol. The van der Waals surface area contributed by atoms with Crippen LogP contribution in [0.5, 0.6) is 0 Å². The van der Waals surface area contributed by atoms with Crippen molar-refractivity contribution in [1.82, 2.24) is 0 Å². The van der Waals surface area contributed by atoms with Gasteiger partial charge >= 0.3 is 73.5 Å². The predicted molar refractivity (Wildman–Crippen MR) is 54.0 cm³/mol. The van der Waals surface area contributed by atoms with E-state index in [-0.39, 0.29) is 0 Å². The first-order chi connectivity index (χ1) is 4.22. The van der Waals surface area contributed by atoms with E-state index in [0.717, 1.165) is 13.7 Å². The Balaban J connectivity index is 3.25. The summed E-state index contributed by atoms with van der Waals surface area (Å²) in [6.07, 6.45) is 0. The van der Waals surface area contributed by atoms with Crippen LogP contribution in [0.15, 0.2) is 27.1 Å². The number of hydrogen-bond acceptors (Lipinski definition) is 0. The summed E-state index contributed by atoms with van der Waals surface area (Å²) >= 11 is 6.89. The molecule has 1 aromatic carbocycles. The molecule has 0 aromatic heterocycles. The fourth-order valence-electron chi connectivity index (χ4n) is 0.612. The van der Waals surface area contributed by atoms with Gasteiger partial charge in [-0.25, -0.2) is 0 Å². The van der Waals surface area contributed by atoms with E-state index in [1.54, 1.807) is 0 Å². The first-order valence-corrected chi connectivity index (χ1v) is 5.21. The molecule has 9 heavy (non-hydrogen) atoms. The van der Waals surface area contributed by atoms with Gasteiger partial charge < -0.3 is 0 Å². The van der Waals surface area contributed by atoms with Crippen LogP contribution in [-0.2, 0) is 0 Å². The van der Waals surface area contributed by atoms with Gasteiger partial charge in [0.1, 0.15) is 0 Å². The van der Waals surface area contributed by atoms with Crippen LogP contribution in [0.2, 0.25) is 0 Å². The van der Waals surface area contributed by atoms with Crippen LogP contribution in [0.4, 0.5) is 0 Å². The topological polar surface area (TPSA) is 0 Å². The summed E-state index contributed by atoms with van der Waals surface area (Å²) in [5, 5.41) is 1.39. The molecule has 50 valence electrons. The van der Waals surface area contributed by atoms with E-state index in [1.165, 1.54) is 9.78 Å². The molecule has 0 fully saturated rings. The van der Waals surface area contributed by atoms with E-state index in [0.29, 0.717) is 0 Å². The molecule has 0 saturated heterocycles. The minimum absolute atomic E-state index is 1.10. The molecule has 0 spiro atoms. The van der Waals surface area contributed by atoms with Crippen LogP contribution < -0.4 is 5.30 Å². The molecule has 3 heteroatoms. The fraction of sp³-hybridized carbons (Fsp3) is 0. The van der Waals surface area contributed by atoms with E-state index < -0.39 is 0 Å². The Bertz CT molecular complexity index is 202. The molecule has 0 heterocycles. The number of rotatable bonds is 0. The van der Waals surface area contributed by atoms with E-state index in [9.17, 15) is 0 Å². The summed E-state index contributed by atoms with van der Waals surface area (Å²) in [5.41, 5.74) is 0. The minimum atomic E-state index is 1.10. The second-order valence-electron chi connectivity index (χ2n) is 1.87. The number of benzene rings is 1. The third-order valence-electron chi connectivity index (χ3n) is 1.14. The molecule has 1 aromatic rings. The quantitative estimate of drug-likeness (QED) is 0.634. The molecule has 0 amide bonds. The maximum absolute atomic E-state index is 3.47. The number of hydrogen-bond donors (Lipinski definition) is 0. The molecule has 0 unspecified atom stereocenters. The van der Waals surface area contributed by atoms with E-state index >= 15 is 0 Å². The zero-order valence-corrected chi connectivity index (χ0v) is 10.2. The third-order valence-corrected chi connectivity index (χ3v) is 4.96. The van der Waals surface area contributed by atoms with Gasteiger partial charge in [0.2, 0.25) is 0 Å². The molecule has 0 radical (unpaired) electrons. The van der Waals surface area contributed by atoms with Crippen LogP contribution in [-0.4, -0.2) is 0 Å². The molecule has 0 bridgehead atoms. The van der Waals surface area contributed by atoms with Crippen molar-refractivity contribution < 1.29 is 0 Å². The van der Waals surface area contributed by atoms with Crippen molar-refractivity contribution in [1.29, 1.82) is 0 Å². The number of halogens is 2. The molecule has 0 aliphatic rings. The summed E-state index contributed by atoms with van der Waals surface area (Å²) in [6, 6.07) is 6.21. The second-order valence-corrected chi connectivity index (χ2v) is 4.60. The summed E-state index contributed by atoms with van der Waals surface area (Å²) in [4.78, 5) is 0. The van der Waals surface area contributed by atoms with Crippen molar-refractivity contribution in [2.75, 3.05) is 0 Å². The molecule has 0 N–H and O–H groups in total. The Labute approximate surface area is 73.5 Å². The maximum atomic E-state index is 3.47. The Morgan fingerprint density at radius 2 is 1.89 bits per heavy atom. The van der Waals surface area contributed by atoms with Crippen molar-refractivity contribution in [3.05, 3.63) is 27.1 Å². The monoisotopic (exact) mass is 268 g/mol. The first-order valence-electron chi connectivity index (χ1n) is 2.62. The Morgan fingerprint density at radius 3 is 2.33 bits per heavy atom. The van der Waals surface area contributed by atoms with Gasteiger partial charge in [0.05, 0.1) is 0 Å². The standard InChI is InChI=1S/C6H7Br2P/c7-4-2-1-3-5(9)6(4)8/h1-3H,9H4. The summed E-state index contributed by atoms with van der Waals surface area (Å²) < 4.78 is 2.35. The Morgan fingerprint density at radius 1 is 1.22 bits per heavy atom. The Kier molecular flexibility index (Phi) is 2.69. The van der Waals surface area contributed by atoms with Gasteiger partial charge in [0.25, 0.3) is 0 Å². The van der Waals surface area contributed by atoms with Crippen LogP contribution >= 0.6 is 41.1 Å². The molecule has 0 nitrogen and oxygen atoms in total. The summed E-state index contributed by atoms with van der Waals surface area (Å²) in [7, 11) is 1.10. The molecule has 0 saturated carbocycles. The summed E-state index contributed by atoms with van der Waals surface area (Å²) in [6.45, 7) is 0. The molecule has 0 aliphatic carbocycles. The van der Waals surface area contributed by atoms with E-state index in [4.69, 9.17) is 0 Å². The van der Waals surface area contributed by atoms with Gasteiger partial charge in [-0.05, 0) is 0 Å². The average Bonchev–Trinajstić information content (AvgIpc) is 1.83. The third kappa shape index (κ3) is 1.76. The predicted octanol–water partition coefficient (Wildman–Crippen LogP) is 2.18. The first kappa shape index (κ1) is 7.71. The van der Waals surface area contributed by atoms with Crippen molar-refractivity contribution in [2.45, 2.75) is 0 Å². The van der Waals surface area contributed by atoms with Crippen LogP contribution in [0.1, 0.15) is 0 Å². The van der Waals surface area contributed by atoms with Crippen molar-refractivity contribution >= 4 is 46.4 Å². The van der Waals surface area contributed by atoms with Crippen LogP contribution in [0.25, 0.3) is 0 Å². The molecular formula is C6H7Br2P. The van der Waals surface area contributed by atoms with Gasteiger partial charge in [-0.2, -0.15) is 0 Å². The van der Waals surface area contributed by atoms with Gasteiger partial charge in [0.15, 0.2) is 0 Å². The van der Waals surface area contributed by atoms with Gasteiger partial charge in [-0.3, -0.25) is 0 Å². The molecular weight excluding hydrogens is 263 g/mol. The second kappa shape index (κ2) is 3.14. The van der Waals surface area contributed by atoms with Crippen LogP contribution in [0, 0.1) is 0 Å². The molecule has 0 aliphatic heterocycles. The van der Waals surface area contributed by atoms with Gasteiger partial charge in [0, 0.05) is 0 Å². The van der Waals surface area contributed by atoms with Gasteiger partial charge in [-0.15, -0.1) is 0 Å². The summed E-state index contributed by atoms with van der Waals surface area (Å²) in [5.74, 6) is 0. The van der Waals surface area contributed by atoms with Crippen molar-refractivity contribution in [3.8, 4) is 0 Å². The Hall–Kier alpha value is 0.610. The van der Waals surface area contributed by atoms with Crippen molar-refractivity contribution in [3.63, 3.8) is 0 Å². The van der Waals surface area contributed by atoms with Gasteiger partial charge in [-0.1, -0.05) is 0 Å². The van der Waals surface area contributed by atoms with E-state index in [2.05, 4.69) is 44.0 Å². The molecule has 1 rings (SSSR count).